The molecule has 1 amide bonds. The van der Waals surface area contributed by atoms with Crippen LogP contribution in [0.5, 0.6) is 0 Å². The molecule has 0 spiro atoms. The molecule has 0 bridgehead atoms. The normalized spacial score (nSPS) is 25.9. The van der Waals surface area contributed by atoms with Crippen molar-refractivity contribution in [2.24, 2.45) is 11.8 Å². The van der Waals surface area contributed by atoms with E-state index in [1.165, 1.54) is 17.4 Å². The van der Waals surface area contributed by atoms with Crippen molar-refractivity contribution in [1.82, 2.24) is 15.2 Å². The number of nitrogens with zero attached hydrogens (tertiary/aromatic N) is 2. The summed E-state index contributed by atoms with van der Waals surface area (Å²) < 4.78 is 19.8. The first-order chi connectivity index (χ1) is 12.2. The van der Waals surface area contributed by atoms with Crippen LogP contribution < -0.4 is 5.32 Å². The number of rotatable bonds is 5. The van der Waals surface area contributed by atoms with E-state index < -0.39 is 0 Å². The Morgan fingerprint density at radius 1 is 1.40 bits per heavy atom. The zero-order valence-corrected chi connectivity index (χ0v) is 14.5. The average Bonchev–Trinajstić information content (AvgIpc) is 3.32. The van der Waals surface area contributed by atoms with E-state index in [1.54, 1.807) is 17.0 Å². The van der Waals surface area contributed by atoms with Gasteiger partial charge in [-0.05, 0) is 6.07 Å². The molecule has 0 aliphatic carbocycles. The molecule has 4 rings (SSSR count). The Labute approximate surface area is 149 Å². The number of hydrogen-bond acceptors (Lipinski definition) is 5. The third kappa shape index (κ3) is 3.58. The van der Waals surface area contributed by atoms with Crippen LogP contribution in [-0.2, 0) is 11.3 Å². The number of amides is 1. The zero-order valence-electron chi connectivity index (χ0n) is 13.7. The monoisotopic (exact) mass is 361 g/mol. The Morgan fingerprint density at radius 3 is 3.08 bits per heavy atom. The molecule has 2 aromatic rings. The van der Waals surface area contributed by atoms with Crippen LogP contribution in [0.15, 0.2) is 35.2 Å². The van der Waals surface area contributed by atoms with Crippen LogP contribution in [0.1, 0.15) is 16.1 Å². The molecule has 132 valence electrons. The molecule has 2 aliphatic rings. The van der Waals surface area contributed by atoms with Gasteiger partial charge in [-0.1, -0.05) is 18.2 Å². The molecule has 1 N–H and O–H groups in total. The molecular formula is C18H20FN3O2S. The number of nitrogens with one attached hydrogen (secondary N) is 1. The maximum absolute atomic E-state index is 13.8. The summed E-state index contributed by atoms with van der Waals surface area (Å²) in [4.78, 5) is 18.3. The van der Waals surface area contributed by atoms with Gasteiger partial charge in [-0.2, -0.15) is 0 Å². The quantitative estimate of drug-likeness (QED) is 0.887. The topological polar surface area (TPSA) is 54.5 Å². The summed E-state index contributed by atoms with van der Waals surface area (Å²) in [5.41, 5.74) is 2.84. The summed E-state index contributed by atoms with van der Waals surface area (Å²) in [6.45, 7) is 3.54. The standard InChI is InChI=1S/C18H20FN3O2S/c19-15-4-2-1-3-12(15)6-22-7-14-13(9-24-17(14)8-22)5-20-18(23)16-10-25-11-21-16/h1-4,10-11,13-14,17H,5-9H2,(H,20,23)/t13-,14+,17+/m0/s1. The van der Waals surface area contributed by atoms with Crippen molar-refractivity contribution in [3.05, 3.63) is 52.2 Å². The van der Waals surface area contributed by atoms with Crippen LogP contribution in [0.25, 0.3) is 0 Å². The van der Waals surface area contributed by atoms with E-state index in [0.29, 0.717) is 37.2 Å². The van der Waals surface area contributed by atoms with Crippen molar-refractivity contribution in [3.8, 4) is 0 Å². The Balaban J connectivity index is 1.32. The molecule has 1 aromatic heterocycles. The highest BCUT2D eigenvalue weighted by Gasteiger charge is 2.43. The van der Waals surface area contributed by atoms with Crippen LogP contribution in [0.3, 0.4) is 0 Å². The maximum atomic E-state index is 13.8. The Kier molecular flexibility index (Phi) is 4.78. The minimum atomic E-state index is -0.160. The summed E-state index contributed by atoms with van der Waals surface area (Å²) in [7, 11) is 0. The average molecular weight is 361 g/mol. The fourth-order valence-electron chi connectivity index (χ4n) is 3.73. The van der Waals surface area contributed by atoms with Gasteiger partial charge in [-0.15, -0.1) is 11.3 Å². The van der Waals surface area contributed by atoms with Gasteiger partial charge in [0, 0.05) is 49.0 Å². The lowest BCUT2D eigenvalue weighted by molar-refractivity contribution is 0.0900. The lowest BCUT2D eigenvalue weighted by Gasteiger charge is -2.20. The maximum Gasteiger partial charge on any atom is 0.270 e. The number of halogens is 1. The van der Waals surface area contributed by atoms with Gasteiger partial charge < -0.3 is 10.1 Å². The van der Waals surface area contributed by atoms with Crippen molar-refractivity contribution in [3.63, 3.8) is 0 Å². The van der Waals surface area contributed by atoms with Crippen LogP contribution in [0.2, 0.25) is 0 Å². The van der Waals surface area contributed by atoms with E-state index >= 15 is 0 Å². The number of ether oxygens (including phenoxy) is 1. The van der Waals surface area contributed by atoms with Gasteiger partial charge >= 0.3 is 0 Å². The van der Waals surface area contributed by atoms with Gasteiger partial charge in [0.25, 0.3) is 5.91 Å². The second-order valence-corrected chi connectivity index (χ2v) is 7.38. The smallest absolute Gasteiger partial charge is 0.270 e. The van der Waals surface area contributed by atoms with Crippen LogP contribution in [-0.4, -0.2) is 48.1 Å². The fraction of sp³-hybridized carbons (Fsp3) is 0.444. The fourth-order valence-corrected chi connectivity index (χ4v) is 4.26. The summed E-state index contributed by atoms with van der Waals surface area (Å²) in [5.74, 6) is 0.374. The Hall–Kier alpha value is -1.83. The molecule has 25 heavy (non-hydrogen) atoms. The lowest BCUT2D eigenvalue weighted by atomic mass is 9.93. The zero-order chi connectivity index (χ0) is 17.2. The molecule has 0 saturated carbocycles. The van der Waals surface area contributed by atoms with E-state index in [4.69, 9.17) is 4.74 Å². The minimum Gasteiger partial charge on any atom is -0.376 e. The number of thiazole rings is 1. The van der Waals surface area contributed by atoms with E-state index in [9.17, 15) is 9.18 Å². The van der Waals surface area contributed by atoms with Crippen molar-refractivity contribution >= 4 is 17.2 Å². The van der Waals surface area contributed by atoms with Gasteiger partial charge in [-0.3, -0.25) is 9.69 Å². The Morgan fingerprint density at radius 2 is 2.28 bits per heavy atom. The highest BCUT2D eigenvalue weighted by atomic mass is 32.1. The number of carbonyl (C=O) groups is 1. The number of fused-ring (bicyclic) bond motifs is 1. The molecule has 2 saturated heterocycles. The van der Waals surface area contributed by atoms with Gasteiger partial charge in [-0.25, -0.2) is 9.37 Å². The predicted molar refractivity (Wildman–Crippen MR) is 92.8 cm³/mol. The van der Waals surface area contributed by atoms with Gasteiger partial charge in [0.15, 0.2) is 0 Å². The second kappa shape index (κ2) is 7.19. The van der Waals surface area contributed by atoms with Crippen LogP contribution in [0, 0.1) is 17.7 Å². The van der Waals surface area contributed by atoms with Gasteiger partial charge in [0.1, 0.15) is 11.5 Å². The second-order valence-electron chi connectivity index (χ2n) is 6.66. The predicted octanol–water partition coefficient (Wildman–Crippen LogP) is 2.16. The first kappa shape index (κ1) is 16.6. The largest absolute Gasteiger partial charge is 0.376 e. The Bertz CT molecular complexity index is 740. The van der Waals surface area contributed by atoms with Crippen molar-refractivity contribution in [2.75, 3.05) is 26.2 Å². The van der Waals surface area contributed by atoms with Gasteiger partial charge in [0.05, 0.1) is 18.2 Å². The minimum absolute atomic E-state index is 0.133. The molecular weight excluding hydrogens is 341 g/mol. The molecule has 1 aromatic carbocycles. The van der Waals surface area contributed by atoms with E-state index in [-0.39, 0.29) is 17.8 Å². The SMILES string of the molecule is O=C(NC[C@H]1CO[C@@H]2CN(Cc3ccccc3F)C[C@H]12)c1cscn1. The molecule has 0 radical (unpaired) electrons. The highest BCUT2D eigenvalue weighted by Crippen LogP contribution is 2.34. The van der Waals surface area contributed by atoms with Crippen LogP contribution >= 0.6 is 11.3 Å². The van der Waals surface area contributed by atoms with E-state index in [2.05, 4.69) is 15.2 Å². The first-order valence-corrected chi connectivity index (χ1v) is 9.38. The summed E-state index contributed by atoms with van der Waals surface area (Å²) in [5, 5.41) is 4.71. The first-order valence-electron chi connectivity index (χ1n) is 8.44. The molecule has 2 aliphatic heterocycles. The summed E-state index contributed by atoms with van der Waals surface area (Å²) in [6.07, 6.45) is 0.174. The van der Waals surface area contributed by atoms with Crippen molar-refractivity contribution in [2.45, 2.75) is 12.6 Å². The number of likely N-dealkylation sites (tertiary alicyclic amines) is 1. The molecule has 2 fully saturated rings. The third-order valence-corrected chi connectivity index (χ3v) is 5.64. The summed E-state index contributed by atoms with van der Waals surface area (Å²) >= 11 is 1.41. The highest BCUT2D eigenvalue weighted by molar-refractivity contribution is 7.07. The third-order valence-electron chi connectivity index (χ3n) is 5.06. The lowest BCUT2D eigenvalue weighted by Crippen LogP contribution is -2.34. The van der Waals surface area contributed by atoms with Gasteiger partial charge in [0.2, 0.25) is 0 Å². The number of carbonyl (C=O) groups excluding carboxylic acids is 1. The van der Waals surface area contributed by atoms with Crippen LogP contribution in [0.4, 0.5) is 4.39 Å². The number of aromatic nitrogens is 1. The molecule has 0 unspecified atom stereocenters. The van der Waals surface area contributed by atoms with E-state index in [0.717, 1.165) is 18.7 Å². The molecule has 3 heterocycles. The molecule has 7 heteroatoms. The van der Waals surface area contributed by atoms with Crippen molar-refractivity contribution in [1.29, 1.82) is 0 Å². The van der Waals surface area contributed by atoms with E-state index in [1.807, 2.05) is 12.1 Å². The number of hydrogen-bond donors (Lipinski definition) is 1. The summed E-state index contributed by atoms with van der Waals surface area (Å²) in [6, 6.07) is 6.90. The van der Waals surface area contributed by atoms with Crippen molar-refractivity contribution < 1.29 is 13.9 Å². The molecule has 5 nitrogen and oxygen atoms in total. The molecule has 3 atom stereocenters. The number of benzene rings is 1.